The molecule has 102 valence electrons. The van der Waals surface area contributed by atoms with Crippen LogP contribution < -0.4 is 5.32 Å². The maximum absolute atomic E-state index is 4.72. The van der Waals surface area contributed by atoms with Crippen molar-refractivity contribution in [3.8, 4) is 0 Å². The summed E-state index contributed by atoms with van der Waals surface area (Å²) in [4.78, 5) is 4.72. The number of aromatic nitrogens is 1. The highest BCUT2D eigenvalue weighted by Crippen LogP contribution is 2.27. The second kappa shape index (κ2) is 6.04. The summed E-state index contributed by atoms with van der Waals surface area (Å²) in [6.45, 7) is 0. The lowest BCUT2D eigenvalue weighted by molar-refractivity contribution is 0.590. The van der Waals surface area contributed by atoms with Crippen molar-refractivity contribution in [1.29, 1.82) is 0 Å². The SMILES string of the molecule is CNC(Cc1nc2ccccc2s1)c1cccc(Br)c1. The van der Waals surface area contributed by atoms with Gasteiger partial charge in [0.05, 0.1) is 15.2 Å². The van der Waals surface area contributed by atoms with Gasteiger partial charge in [0.15, 0.2) is 0 Å². The Kier molecular flexibility index (Phi) is 4.15. The summed E-state index contributed by atoms with van der Waals surface area (Å²) in [6, 6.07) is 17.0. The number of likely N-dealkylation sites (N-methyl/N-ethyl adjacent to an activating group) is 1. The van der Waals surface area contributed by atoms with E-state index in [9.17, 15) is 0 Å². The Hall–Kier alpha value is -1.23. The number of hydrogen-bond acceptors (Lipinski definition) is 3. The molecule has 3 rings (SSSR count). The molecule has 1 atom stereocenters. The first kappa shape index (κ1) is 13.7. The van der Waals surface area contributed by atoms with Crippen LogP contribution in [0.4, 0.5) is 0 Å². The van der Waals surface area contributed by atoms with Gasteiger partial charge in [-0.3, -0.25) is 0 Å². The minimum absolute atomic E-state index is 0.285. The van der Waals surface area contributed by atoms with E-state index in [0.717, 1.165) is 16.4 Å². The van der Waals surface area contributed by atoms with Crippen molar-refractivity contribution in [3.63, 3.8) is 0 Å². The summed E-state index contributed by atoms with van der Waals surface area (Å²) in [5, 5.41) is 4.56. The maximum atomic E-state index is 4.72. The zero-order valence-corrected chi connectivity index (χ0v) is 13.5. The quantitative estimate of drug-likeness (QED) is 0.748. The molecular formula is C16H15BrN2S. The molecule has 1 aromatic heterocycles. The molecule has 4 heteroatoms. The fourth-order valence-corrected chi connectivity index (χ4v) is 3.72. The molecule has 0 aliphatic heterocycles. The van der Waals surface area contributed by atoms with Gasteiger partial charge >= 0.3 is 0 Å². The lowest BCUT2D eigenvalue weighted by Crippen LogP contribution is -2.18. The molecule has 0 radical (unpaired) electrons. The number of nitrogens with zero attached hydrogens (tertiary/aromatic N) is 1. The van der Waals surface area contributed by atoms with Crippen LogP contribution in [0.15, 0.2) is 53.0 Å². The van der Waals surface area contributed by atoms with Gasteiger partial charge in [-0.2, -0.15) is 0 Å². The number of thiazole rings is 1. The first-order valence-electron chi connectivity index (χ1n) is 6.53. The second-order valence-corrected chi connectivity index (χ2v) is 6.71. The molecule has 3 aromatic rings. The zero-order valence-electron chi connectivity index (χ0n) is 11.1. The van der Waals surface area contributed by atoms with Crippen molar-refractivity contribution in [2.75, 3.05) is 7.05 Å². The van der Waals surface area contributed by atoms with Crippen LogP contribution >= 0.6 is 27.3 Å². The molecule has 2 aromatic carbocycles. The molecular weight excluding hydrogens is 332 g/mol. The van der Waals surface area contributed by atoms with Crippen LogP contribution in [0.3, 0.4) is 0 Å². The van der Waals surface area contributed by atoms with Crippen LogP contribution in [0.5, 0.6) is 0 Å². The largest absolute Gasteiger partial charge is 0.313 e. The molecule has 1 heterocycles. The van der Waals surface area contributed by atoms with Crippen LogP contribution in [0.1, 0.15) is 16.6 Å². The van der Waals surface area contributed by atoms with Gasteiger partial charge in [0.25, 0.3) is 0 Å². The number of hydrogen-bond donors (Lipinski definition) is 1. The average molecular weight is 347 g/mol. The van der Waals surface area contributed by atoms with E-state index in [4.69, 9.17) is 4.98 Å². The lowest BCUT2D eigenvalue weighted by atomic mass is 10.0. The van der Waals surface area contributed by atoms with E-state index in [0.29, 0.717) is 0 Å². The van der Waals surface area contributed by atoms with Crippen molar-refractivity contribution in [2.45, 2.75) is 12.5 Å². The molecule has 1 unspecified atom stereocenters. The molecule has 0 amide bonds. The highest BCUT2D eigenvalue weighted by atomic mass is 79.9. The Bertz CT molecular complexity index is 690. The van der Waals surface area contributed by atoms with E-state index in [1.54, 1.807) is 11.3 Å². The van der Waals surface area contributed by atoms with Crippen molar-refractivity contribution < 1.29 is 0 Å². The number of halogens is 1. The van der Waals surface area contributed by atoms with Gasteiger partial charge in [0.1, 0.15) is 0 Å². The van der Waals surface area contributed by atoms with E-state index in [2.05, 4.69) is 57.6 Å². The fraction of sp³-hybridized carbons (Fsp3) is 0.188. The molecule has 2 nitrogen and oxygen atoms in total. The molecule has 0 spiro atoms. The number of benzene rings is 2. The molecule has 1 N–H and O–H groups in total. The van der Waals surface area contributed by atoms with E-state index in [-0.39, 0.29) is 6.04 Å². The monoisotopic (exact) mass is 346 g/mol. The third-order valence-corrected chi connectivity index (χ3v) is 4.87. The first-order valence-corrected chi connectivity index (χ1v) is 8.14. The van der Waals surface area contributed by atoms with Gasteiger partial charge < -0.3 is 5.32 Å². The number of para-hydroxylation sites is 1. The first-order chi connectivity index (χ1) is 9.76. The normalized spacial score (nSPS) is 12.7. The van der Waals surface area contributed by atoms with E-state index < -0.39 is 0 Å². The standard InChI is InChI=1S/C16H15BrN2S/c1-18-14(11-5-4-6-12(17)9-11)10-16-19-13-7-2-3-8-15(13)20-16/h2-9,14,18H,10H2,1H3. The Morgan fingerprint density at radius 3 is 2.80 bits per heavy atom. The van der Waals surface area contributed by atoms with Gasteiger partial charge in [-0.25, -0.2) is 4.98 Å². The molecule has 0 aliphatic carbocycles. The molecule has 0 bridgehead atoms. The molecule has 0 aliphatic rings. The minimum atomic E-state index is 0.285. The second-order valence-electron chi connectivity index (χ2n) is 4.68. The molecule has 0 saturated carbocycles. The van der Waals surface area contributed by atoms with Crippen LogP contribution in [0.25, 0.3) is 10.2 Å². The Balaban J connectivity index is 1.87. The predicted octanol–water partition coefficient (Wildman–Crippen LogP) is 4.56. The third kappa shape index (κ3) is 2.92. The van der Waals surface area contributed by atoms with Gasteiger partial charge in [0, 0.05) is 16.9 Å². The third-order valence-electron chi connectivity index (χ3n) is 3.32. The number of nitrogens with one attached hydrogen (secondary N) is 1. The van der Waals surface area contributed by atoms with E-state index in [1.165, 1.54) is 15.3 Å². The Morgan fingerprint density at radius 1 is 1.20 bits per heavy atom. The smallest absolute Gasteiger partial charge is 0.0957 e. The molecule has 0 saturated heterocycles. The number of fused-ring (bicyclic) bond motifs is 1. The van der Waals surface area contributed by atoms with Gasteiger partial charge in [-0.1, -0.05) is 40.2 Å². The molecule has 0 fully saturated rings. The van der Waals surface area contributed by atoms with Crippen molar-refractivity contribution in [3.05, 3.63) is 63.6 Å². The molecule has 20 heavy (non-hydrogen) atoms. The van der Waals surface area contributed by atoms with Crippen LogP contribution in [-0.4, -0.2) is 12.0 Å². The van der Waals surface area contributed by atoms with Gasteiger partial charge in [0.2, 0.25) is 0 Å². The Labute approximate surface area is 131 Å². The Morgan fingerprint density at radius 2 is 2.05 bits per heavy atom. The predicted molar refractivity (Wildman–Crippen MR) is 89.3 cm³/mol. The highest BCUT2D eigenvalue weighted by Gasteiger charge is 2.13. The van der Waals surface area contributed by atoms with E-state index >= 15 is 0 Å². The van der Waals surface area contributed by atoms with Gasteiger partial charge in [-0.05, 0) is 36.9 Å². The van der Waals surface area contributed by atoms with E-state index in [1.807, 2.05) is 19.2 Å². The van der Waals surface area contributed by atoms with Crippen LogP contribution in [0.2, 0.25) is 0 Å². The number of rotatable bonds is 4. The van der Waals surface area contributed by atoms with Crippen molar-refractivity contribution >= 4 is 37.5 Å². The average Bonchev–Trinajstić information content (AvgIpc) is 2.87. The van der Waals surface area contributed by atoms with Gasteiger partial charge in [-0.15, -0.1) is 11.3 Å². The van der Waals surface area contributed by atoms with Crippen molar-refractivity contribution in [2.24, 2.45) is 0 Å². The lowest BCUT2D eigenvalue weighted by Gasteiger charge is -2.15. The van der Waals surface area contributed by atoms with Crippen LogP contribution in [-0.2, 0) is 6.42 Å². The van der Waals surface area contributed by atoms with Crippen LogP contribution in [0, 0.1) is 0 Å². The summed E-state index contributed by atoms with van der Waals surface area (Å²) in [6.07, 6.45) is 0.909. The van der Waals surface area contributed by atoms with Crippen molar-refractivity contribution in [1.82, 2.24) is 10.3 Å². The maximum Gasteiger partial charge on any atom is 0.0957 e. The zero-order chi connectivity index (χ0) is 13.9. The fourth-order valence-electron chi connectivity index (χ4n) is 2.29. The summed E-state index contributed by atoms with van der Waals surface area (Å²) < 4.78 is 2.37. The topological polar surface area (TPSA) is 24.9 Å². The highest BCUT2D eigenvalue weighted by molar-refractivity contribution is 9.10. The summed E-state index contributed by atoms with van der Waals surface area (Å²) in [5.41, 5.74) is 2.37. The summed E-state index contributed by atoms with van der Waals surface area (Å²) in [7, 11) is 2.00. The minimum Gasteiger partial charge on any atom is -0.313 e. The summed E-state index contributed by atoms with van der Waals surface area (Å²) >= 11 is 5.31. The summed E-state index contributed by atoms with van der Waals surface area (Å²) in [5.74, 6) is 0.